The van der Waals surface area contributed by atoms with Crippen molar-refractivity contribution in [2.24, 2.45) is 0 Å². The molecule has 252 valence electrons. The van der Waals surface area contributed by atoms with Crippen molar-refractivity contribution in [3.8, 4) is 16.9 Å². The Balaban J connectivity index is 1.30. The van der Waals surface area contributed by atoms with E-state index in [2.05, 4.69) is 51.6 Å². The molecule has 9 heteroatoms. The maximum Gasteiger partial charge on any atom is 0.255 e. The summed E-state index contributed by atoms with van der Waals surface area (Å²) in [6.07, 6.45) is 5.84. The summed E-state index contributed by atoms with van der Waals surface area (Å²) in [5.41, 5.74) is 10.5. The maximum atomic E-state index is 14.2. The number of carbonyl (C=O) groups is 2. The Labute approximate surface area is 283 Å². The number of nitrogens with one attached hydrogen (secondary N) is 2. The molecule has 4 N–H and O–H groups in total. The molecule has 0 saturated carbocycles. The van der Waals surface area contributed by atoms with Crippen LogP contribution in [-0.2, 0) is 6.54 Å². The van der Waals surface area contributed by atoms with Gasteiger partial charge in [-0.2, -0.15) is 0 Å². The predicted molar refractivity (Wildman–Crippen MR) is 192 cm³/mol. The van der Waals surface area contributed by atoms with Gasteiger partial charge in [0.05, 0.1) is 12.7 Å². The molecule has 3 heterocycles. The highest BCUT2D eigenvalue weighted by Crippen LogP contribution is 2.40. The smallest absolute Gasteiger partial charge is 0.255 e. The molecule has 0 spiro atoms. The van der Waals surface area contributed by atoms with E-state index in [0.717, 1.165) is 70.5 Å². The lowest BCUT2D eigenvalue weighted by Crippen LogP contribution is -2.45. The van der Waals surface area contributed by atoms with Crippen LogP contribution in [0.1, 0.15) is 71.7 Å². The molecule has 0 radical (unpaired) electrons. The summed E-state index contributed by atoms with van der Waals surface area (Å²) in [5.74, 6) is 0.134. The second-order valence-electron chi connectivity index (χ2n) is 13.1. The van der Waals surface area contributed by atoms with Gasteiger partial charge in [-0.3, -0.25) is 14.5 Å². The van der Waals surface area contributed by atoms with E-state index in [1.807, 2.05) is 36.4 Å². The number of ether oxygens (including phenoxy) is 1. The zero-order chi connectivity index (χ0) is 33.5. The van der Waals surface area contributed by atoms with Gasteiger partial charge in [0.2, 0.25) is 0 Å². The van der Waals surface area contributed by atoms with Gasteiger partial charge >= 0.3 is 0 Å². The SMILES string of the molecule is CCCCN1CCC(NC(=O)c2ccc(OC)c3nc(N)c(C(=O)NC4CCN(Cc5ccccc5)CC4)c(-c4ccccc4)c23)CC1. The first-order chi connectivity index (χ1) is 23.4. The summed E-state index contributed by atoms with van der Waals surface area (Å²) in [6.45, 7) is 7.92. The number of aromatic nitrogens is 1. The Morgan fingerprint density at radius 1 is 0.833 bits per heavy atom. The third-order valence-electron chi connectivity index (χ3n) is 9.81. The van der Waals surface area contributed by atoms with Crippen molar-refractivity contribution < 1.29 is 14.3 Å². The van der Waals surface area contributed by atoms with Crippen molar-refractivity contribution in [1.29, 1.82) is 0 Å². The normalized spacial score (nSPS) is 16.5. The summed E-state index contributed by atoms with van der Waals surface area (Å²) in [6, 6.07) is 23.7. The Morgan fingerprint density at radius 2 is 1.44 bits per heavy atom. The summed E-state index contributed by atoms with van der Waals surface area (Å²) in [5, 5.41) is 7.14. The van der Waals surface area contributed by atoms with Gasteiger partial charge in [-0.1, -0.05) is 74.0 Å². The first-order valence-electron chi connectivity index (χ1n) is 17.4. The molecule has 2 aliphatic rings. The highest BCUT2D eigenvalue weighted by Gasteiger charge is 2.30. The number of nitrogens with two attached hydrogens (primary N) is 1. The number of anilines is 1. The number of nitrogen functional groups attached to an aromatic ring is 1. The first kappa shape index (κ1) is 33.4. The number of fused-ring (bicyclic) bond motifs is 1. The van der Waals surface area contributed by atoms with E-state index in [0.29, 0.717) is 27.8 Å². The molecule has 0 aliphatic carbocycles. The molecule has 4 aromatic rings. The van der Waals surface area contributed by atoms with Gasteiger partial charge in [-0.05, 0) is 61.9 Å². The van der Waals surface area contributed by atoms with Gasteiger partial charge in [0.1, 0.15) is 17.1 Å². The number of carbonyl (C=O) groups excluding carboxylic acids is 2. The van der Waals surface area contributed by atoms with E-state index in [4.69, 9.17) is 15.5 Å². The standard InChI is InChI=1S/C39H48N6O3/c1-3-4-21-44-22-17-29(18-23-44)41-38(46)31-15-16-32(48-2)36-34(31)33(28-13-9-6-10-14-28)35(37(40)43-36)39(47)42-30-19-24-45(25-20-30)26-27-11-7-5-8-12-27/h5-16,29-30H,3-4,17-26H2,1-2H3,(H2,40,43)(H,41,46)(H,42,47). The fourth-order valence-electron chi connectivity index (χ4n) is 7.12. The molecule has 6 rings (SSSR count). The van der Waals surface area contributed by atoms with E-state index in [1.54, 1.807) is 19.2 Å². The number of hydrogen-bond acceptors (Lipinski definition) is 7. The Morgan fingerprint density at radius 3 is 2.06 bits per heavy atom. The second-order valence-corrected chi connectivity index (χ2v) is 13.1. The quantitative estimate of drug-likeness (QED) is 0.186. The Kier molecular flexibility index (Phi) is 10.9. The van der Waals surface area contributed by atoms with Crippen LogP contribution in [0.4, 0.5) is 5.82 Å². The van der Waals surface area contributed by atoms with Crippen molar-refractivity contribution in [2.75, 3.05) is 45.6 Å². The van der Waals surface area contributed by atoms with Gasteiger partial charge in [0, 0.05) is 61.3 Å². The minimum atomic E-state index is -0.282. The lowest BCUT2D eigenvalue weighted by molar-refractivity contribution is 0.0901. The fraction of sp³-hybridized carbons (Fsp3) is 0.410. The first-order valence-corrected chi connectivity index (χ1v) is 17.4. The van der Waals surface area contributed by atoms with E-state index in [1.165, 1.54) is 18.4 Å². The molecule has 0 atom stereocenters. The molecule has 1 aromatic heterocycles. The summed E-state index contributed by atoms with van der Waals surface area (Å²) < 4.78 is 5.72. The van der Waals surface area contributed by atoms with Crippen molar-refractivity contribution in [2.45, 2.75) is 64.1 Å². The molecule has 2 fully saturated rings. The van der Waals surface area contributed by atoms with Crippen molar-refractivity contribution in [3.63, 3.8) is 0 Å². The van der Waals surface area contributed by atoms with Gasteiger partial charge < -0.3 is 26.0 Å². The largest absolute Gasteiger partial charge is 0.494 e. The topological polar surface area (TPSA) is 113 Å². The van der Waals surface area contributed by atoms with Crippen LogP contribution >= 0.6 is 0 Å². The number of methoxy groups -OCH3 is 1. The molecule has 2 aliphatic heterocycles. The zero-order valence-electron chi connectivity index (χ0n) is 28.2. The number of rotatable bonds is 11. The fourth-order valence-corrected chi connectivity index (χ4v) is 7.12. The average Bonchev–Trinajstić information content (AvgIpc) is 3.12. The van der Waals surface area contributed by atoms with E-state index in [-0.39, 0.29) is 35.3 Å². The number of unbranched alkanes of at least 4 members (excludes halogenated alkanes) is 1. The van der Waals surface area contributed by atoms with E-state index in [9.17, 15) is 9.59 Å². The minimum Gasteiger partial charge on any atom is -0.494 e. The van der Waals surface area contributed by atoms with Crippen LogP contribution in [-0.4, -0.2) is 78.5 Å². The van der Waals surface area contributed by atoms with Crippen molar-refractivity contribution >= 4 is 28.5 Å². The van der Waals surface area contributed by atoms with Crippen LogP contribution < -0.4 is 21.1 Å². The van der Waals surface area contributed by atoms with Gasteiger partial charge in [-0.15, -0.1) is 0 Å². The highest BCUT2D eigenvalue weighted by molar-refractivity contribution is 6.19. The van der Waals surface area contributed by atoms with Crippen LogP contribution in [0.25, 0.3) is 22.0 Å². The summed E-state index contributed by atoms with van der Waals surface area (Å²) in [7, 11) is 1.58. The van der Waals surface area contributed by atoms with Crippen LogP contribution in [0.15, 0.2) is 72.8 Å². The molecule has 3 aromatic carbocycles. The number of pyridine rings is 1. The molecule has 0 bridgehead atoms. The third-order valence-corrected chi connectivity index (χ3v) is 9.81. The monoisotopic (exact) mass is 648 g/mol. The maximum absolute atomic E-state index is 14.2. The number of piperidine rings is 2. The number of amides is 2. The summed E-state index contributed by atoms with van der Waals surface area (Å²) in [4.78, 5) is 37.9. The van der Waals surface area contributed by atoms with Crippen LogP contribution in [0.5, 0.6) is 5.75 Å². The zero-order valence-corrected chi connectivity index (χ0v) is 28.2. The second kappa shape index (κ2) is 15.6. The number of hydrogen-bond donors (Lipinski definition) is 3. The number of likely N-dealkylation sites (tertiary alicyclic amines) is 2. The Bertz CT molecular complexity index is 1700. The number of benzene rings is 3. The van der Waals surface area contributed by atoms with Gasteiger partial charge in [0.15, 0.2) is 0 Å². The van der Waals surface area contributed by atoms with Gasteiger partial charge in [-0.25, -0.2) is 4.98 Å². The molecule has 9 nitrogen and oxygen atoms in total. The third kappa shape index (κ3) is 7.63. The van der Waals surface area contributed by atoms with E-state index < -0.39 is 0 Å². The van der Waals surface area contributed by atoms with Crippen LogP contribution in [0.2, 0.25) is 0 Å². The highest BCUT2D eigenvalue weighted by atomic mass is 16.5. The van der Waals surface area contributed by atoms with E-state index >= 15 is 0 Å². The molecular weight excluding hydrogens is 600 g/mol. The summed E-state index contributed by atoms with van der Waals surface area (Å²) >= 11 is 0. The molecule has 0 unspecified atom stereocenters. The minimum absolute atomic E-state index is 0.000449. The van der Waals surface area contributed by atoms with Gasteiger partial charge in [0.25, 0.3) is 11.8 Å². The van der Waals surface area contributed by atoms with Crippen molar-refractivity contribution in [3.05, 3.63) is 89.5 Å². The van der Waals surface area contributed by atoms with Crippen LogP contribution in [0, 0.1) is 0 Å². The molecular formula is C39H48N6O3. The van der Waals surface area contributed by atoms with Crippen LogP contribution in [0.3, 0.4) is 0 Å². The average molecular weight is 649 g/mol. The predicted octanol–water partition coefficient (Wildman–Crippen LogP) is 5.88. The number of nitrogens with zero attached hydrogens (tertiary/aromatic N) is 3. The Hall–Kier alpha value is -4.47. The molecule has 2 saturated heterocycles. The lowest BCUT2D eigenvalue weighted by Gasteiger charge is -2.33. The van der Waals surface area contributed by atoms with Crippen molar-refractivity contribution in [1.82, 2.24) is 25.4 Å². The molecule has 48 heavy (non-hydrogen) atoms. The molecule has 2 amide bonds. The lowest BCUT2D eigenvalue weighted by atomic mass is 9.91.